The van der Waals surface area contributed by atoms with Gasteiger partial charge in [-0.05, 0) is 25.0 Å². The van der Waals surface area contributed by atoms with Crippen molar-refractivity contribution in [3.8, 4) is 0 Å². The minimum atomic E-state index is -3.18. The summed E-state index contributed by atoms with van der Waals surface area (Å²) in [7, 11) is -3.18. The van der Waals surface area contributed by atoms with E-state index in [-0.39, 0.29) is 11.8 Å². The first-order valence-corrected chi connectivity index (χ1v) is 7.97. The van der Waals surface area contributed by atoms with Gasteiger partial charge in [0.05, 0.1) is 16.3 Å². The van der Waals surface area contributed by atoms with Crippen LogP contribution in [0, 0.1) is 0 Å². The molecule has 0 saturated carbocycles. The molecule has 0 amide bonds. The van der Waals surface area contributed by atoms with Crippen molar-refractivity contribution in [3.05, 3.63) is 24.3 Å². The molecule has 1 rings (SSSR count). The molecule has 0 fully saturated rings. The SMILES string of the molecule is CCC(N)CCNc1ccccc1S(=O)(=O)CC. The Bertz CT molecular complexity index is 472. The van der Waals surface area contributed by atoms with Gasteiger partial charge in [0, 0.05) is 12.6 Å². The van der Waals surface area contributed by atoms with Crippen LogP contribution in [0.5, 0.6) is 0 Å². The molecule has 1 aromatic carbocycles. The second-order valence-electron chi connectivity index (χ2n) is 4.28. The minimum Gasteiger partial charge on any atom is -0.384 e. The van der Waals surface area contributed by atoms with Crippen molar-refractivity contribution < 1.29 is 8.42 Å². The Kier molecular flexibility index (Phi) is 5.62. The predicted octanol–water partition coefficient (Wildman–Crippen LogP) is 2.02. The molecule has 0 aliphatic carbocycles. The van der Waals surface area contributed by atoms with Gasteiger partial charge in [-0.2, -0.15) is 0 Å². The molecule has 1 aromatic rings. The lowest BCUT2D eigenvalue weighted by Gasteiger charge is -2.13. The lowest BCUT2D eigenvalue weighted by atomic mass is 10.2. The highest BCUT2D eigenvalue weighted by atomic mass is 32.2. The van der Waals surface area contributed by atoms with Gasteiger partial charge < -0.3 is 11.1 Å². The lowest BCUT2D eigenvalue weighted by molar-refractivity contribution is 0.597. The number of para-hydroxylation sites is 1. The molecule has 18 heavy (non-hydrogen) atoms. The zero-order valence-electron chi connectivity index (χ0n) is 11.0. The fraction of sp³-hybridized carbons (Fsp3) is 0.538. The number of nitrogens with two attached hydrogens (primary N) is 1. The average Bonchev–Trinajstić information content (AvgIpc) is 2.39. The first-order chi connectivity index (χ1) is 8.51. The Morgan fingerprint density at radius 1 is 1.28 bits per heavy atom. The molecule has 1 unspecified atom stereocenters. The van der Waals surface area contributed by atoms with E-state index in [0.717, 1.165) is 12.8 Å². The number of rotatable bonds is 7. The van der Waals surface area contributed by atoms with Crippen molar-refractivity contribution in [2.75, 3.05) is 17.6 Å². The summed E-state index contributed by atoms with van der Waals surface area (Å²) in [6.45, 7) is 4.38. The zero-order valence-corrected chi connectivity index (χ0v) is 11.8. The third-order valence-corrected chi connectivity index (χ3v) is 4.74. The maximum absolute atomic E-state index is 11.9. The van der Waals surface area contributed by atoms with Crippen LogP contribution < -0.4 is 11.1 Å². The topological polar surface area (TPSA) is 72.2 Å². The fourth-order valence-electron chi connectivity index (χ4n) is 1.64. The maximum Gasteiger partial charge on any atom is 0.180 e. The van der Waals surface area contributed by atoms with Gasteiger partial charge in [-0.25, -0.2) is 8.42 Å². The monoisotopic (exact) mass is 270 g/mol. The lowest BCUT2D eigenvalue weighted by Crippen LogP contribution is -2.22. The number of nitrogens with one attached hydrogen (secondary N) is 1. The van der Waals surface area contributed by atoms with Crippen LogP contribution in [0.15, 0.2) is 29.2 Å². The second-order valence-corrected chi connectivity index (χ2v) is 6.53. The van der Waals surface area contributed by atoms with Crippen LogP contribution in [0.25, 0.3) is 0 Å². The van der Waals surface area contributed by atoms with E-state index in [0.29, 0.717) is 17.1 Å². The number of anilines is 1. The highest BCUT2D eigenvalue weighted by Gasteiger charge is 2.15. The number of hydrogen-bond acceptors (Lipinski definition) is 4. The van der Waals surface area contributed by atoms with Crippen molar-refractivity contribution in [1.82, 2.24) is 0 Å². The quantitative estimate of drug-likeness (QED) is 0.795. The molecule has 0 aromatic heterocycles. The van der Waals surface area contributed by atoms with Crippen molar-refractivity contribution in [3.63, 3.8) is 0 Å². The molecule has 3 N–H and O–H groups in total. The molecule has 0 saturated heterocycles. The minimum absolute atomic E-state index is 0.111. The van der Waals surface area contributed by atoms with Gasteiger partial charge in [-0.3, -0.25) is 0 Å². The van der Waals surface area contributed by atoms with Crippen LogP contribution in [-0.2, 0) is 9.84 Å². The predicted molar refractivity (Wildman–Crippen MR) is 75.5 cm³/mol. The Morgan fingerprint density at radius 3 is 2.56 bits per heavy atom. The number of benzene rings is 1. The molecule has 5 heteroatoms. The number of hydrogen-bond donors (Lipinski definition) is 2. The van der Waals surface area contributed by atoms with Crippen LogP contribution in [0.3, 0.4) is 0 Å². The molecule has 0 aliphatic heterocycles. The molecule has 0 aliphatic rings. The summed E-state index contributed by atoms with van der Waals surface area (Å²) in [6.07, 6.45) is 1.76. The Balaban J connectivity index is 2.78. The molecule has 102 valence electrons. The van der Waals surface area contributed by atoms with E-state index >= 15 is 0 Å². The van der Waals surface area contributed by atoms with Crippen LogP contribution in [0.4, 0.5) is 5.69 Å². The first-order valence-electron chi connectivity index (χ1n) is 6.32. The largest absolute Gasteiger partial charge is 0.384 e. The second kappa shape index (κ2) is 6.75. The van der Waals surface area contributed by atoms with Gasteiger partial charge in [-0.1, -0.05) is 26.0 Å². The highest BCUT2D eigenvalue weighted by molar-refractivity contribution is 7.91. The normalized spacial score (nSPS) is 13.3. The zero-order chi connectivity index (χ0) is 13.6. The summed E-state index contributed by atoms with van der Waals surface area (Å²) in [6, 6.07) is 7.16. The summed E-state index contributed by atoms with van der Waals surface area (Å²) in [4.78, 5) is 0.373. The van der Waals surface area contributed by atoms with Gasteiger partial charge >= 0.3 is 0 Å². The van der Waals surface area contributed by atoms with Gasteiger partial charge in [0.25, 0.3) is 0 Å². The van der Waals surface area contributed by atoms with E-state index in [2.05, 4.69) is 5.32 Å². The smallest absolute Gasteiger partial charge is 0.180 e. The van der Waals surface area contributed by atoms with Crippen molar-refractivity contribution in [1.29, 1.82) is 0 Å². The van der Waals surface area contributed by atoms with Crippen molar-refractivity contribution in [2.45, 2.75) is 37.6 Å². The Labute approximate surface area is 110 Å². The molecule has 0 bridgehead atoms. The van der Waals surface area contributed by atoms with E-state index in [4.69, 9.17) is 5.73 Å². The van der Waals surface area contributed by atoms with E-state index in [1.165, 1.54) is 0 Å². The maximum atomic E-state index is 11.9. The summed E-state index contributed by atoms with van der Waals surface area (Å²) in [5, 5.41) is 3.16. The summed E-state index contributed by atoms with van der Waals surface area (Å²) < 4.78 is 23.8. The molecular formula is C13H22N2O2S. The third-order valence-electron chi connectivity index (χ3n) is 2.96. The fourth-order valence-corrected chi connectivity index (χ4v) is 2.71. The van der Waals surface area contributed by atoms with Crippen LogP contribution >= 0.6 is 0 Å². The summed E-state index contributed by atoms with van der Waals surface area (Å²) in [5.74, 6) is 0.111. The van der Waals surface area contributed by atoms with Gasteiger partial charge in [-0.15, -0.1) is 0 Å². The van der Waals surface area contributed by atoms with E-state index in [9.17, 15) is 8.42 Å². The first kappa shape index (κ1) is 15.0. The Morgan fingerprint density at radius 2 is 1.94 bits per heavy atom. The number of sulfone groups is 1. The molecular weight excluding hydrogens is 248 g/mol. The van der Waals surface area contributed by atoms with Crippen molar-refractivity contribution in [2.24, 2.45) is 5.73 Å². The van der Waals surface area contributed by atoms with Gasteiger partial charge in [0.1, 0.15) is 0 Å². The molecule has 0 heterocycles. The standard InChI is InChI=1S/C13H22N2O2S/c1-3-11(14)9-10-15-12-7-5-6-8-13(12)18(16,17)4-2/h5-8,11,15H,3-4,9-10,14H2,1-2H3. The molecule has 1 atom stereocenters. The summed E-state index contributed by atoms with van der Waals surface area (Å²) >= 11 is 0. The van der Waals surface area contributed by atoms with E-state index in [1.54, 1.807) is 25.1 Å². The molecule has 0 spiro atoms. The Hall–Kier alpha value is -1.07. The highest BCUT2D eigenvalue weighted by Crippen LogP contribution is 2.21. The van der Waals surface area contributed by atoms with E-state index < -0.39 is 9.84 Å². The van der Waals surface area contributed by atoms with Crippen molar-refractivity contribution >= 4 is 15.5 Å². The van der Waals surface area contributed by atoms with Crippen LogP contribution in [0.2, 0.25) is 0 Å². The third kappa shape index (κ3) is 3.99. The molecule has 0 radical (unpaired) electrons. The summed E-state index contributed by atoms with van der Waals surface area (Å²) in [5.41, 5.74) is 6.50. The molecule has 4 nitrogen and oxygen atoms in total. The van der Waals surface area contributed by atoms with E-state index in [1.807, 2.05) is 13.0 Å². The van der Waals surface area contributed by atoms with Crippen LogP contribution in [0.1, 0.15) is 26.7 Å². The average molecular weight is 270 g/mol. The van der Waals surface area contributed by atoms with Crippen LogP contribution in [-0.4, -0.2) is 26.8 Å². The van der Waals surface area contributed by atoms with Gasteiger partial charge in [0.2, 0.25) is 0 Å². The van der Waals surface area contributed by atoms with Gasteiger partial charge in [0.15, 0.2) is 9.84 Å².